The van der Waals surface area contributed by atoms with E-state index in [0.29, 0.717) is 5.69 Å². The minimum absolute atomic E-state index is 0.0401. The summed E-state index contributed by atoms with van der Waals surface area (Å²) in [7, 11) is 0. The van der Waals surface area contributed by atoms with Crippen LogP contribution in [0.2, 0.25) is 0 Å². The Kier molecular flexibility index (Phi) is 3.34. The fraction of sp³-hybridized carbons (Fsp3) is 0.583. The Morgan fingerprint density at radius 2 is 2.32 bits per heavy atom. The number of ether oxygens (including phenoxy) is 1. The van der Waals surface area contributed by atoms with Crippen LogP contribution in [0.25, 0.3) is 5.13 Å². The number of aliphatic hydroxyl groups is 1. The van der Waals surface area contributed by atoms with Crippen molar-refractivity contribution in [2.45, 2.75) is 39.4 Å². The molecule has 0 aliphatic carbocycles. The highest BCUT2D eigenvalue weighted by molar-refractivity contribution is 7.14. The van der Waals surface area contributed by atoms with Gasteiger partial charge in [0.15, 0.2) is 0 Å². The Bertz CT molecular complexity index is 567. The molecule has 1 N–H and O–H groups in total. The minimum Gasteiger partial charge on any atom is -0.390 e. The summed E-state index contributed by atoms with van der Waals surface area (Å²) < 4.78 is 7.42. The highest BCUT2D eigenvalue weighted by atomic mass is 32.1. The number of rotatable bonds is 3. The van der Waals surface area contributed by atoms with Crippen molar-refractivity contribution in [2.75, 3.05) is 6.61 Å². The molecule has 1 aliphatic rings. The second-order valence-electron chi connectivity index (χ2n) is 4.63. The molecule has 0 aromatic carbocycles. The molecule has 1 atom stereocenters. The summed E-state index contributed by atoms with van der Waals surface area (Å²) in [5.74, 6) is 0. The van der Waals surface area contributed by atoms with Crippen molar-refractivity contribution in [3.63, 3.8) is 0 Å². The SMILES string of the molecule is Cc1nc(-n2nnc(CO)c2C2CCCO2)sc1C. The molecule has 1 saturated heterocycles. The Labute approximate surface area is 115 Å². The van der Waals surface area contributed by atoms with Crippen LogP contribution in [0, 0.1) is 13.8 Å². The summed E-state index contributed by atoms with van der Waals surface area (Å²) in [6.07, 6.45) is 1.92. The molecule has 1 fully saturated rings. The zero-order valence-electron chi connectivity index (χ0n) is 11.0. The largest absolute Gasteiger partial charge is 0.390 e. The van der Waals surface area contributed by atoms with E-state index in [1.54, 1.807) is 16.0 Å². The van der Waals surface area contributed by atoms with E-state index < -0.39 is 0 Å². The molecule has 7 heteroatoms. The highest BCUT2D eigenvalue weighted by Gasteiger charge is 2.28. The van der Waals surface area contributed by atoms with E-state index in [1.165, 1.54) is 0 Å². The van der Waals surface area contributed by atoms with Gasteiger partial charge in [0.2, 0.25) is 5.13 Å². The average Bonchev–Trinajstić information content (AvgIpc) is 3.09. The lowest BCUT2D eigenvalue weighted by Gasteiger charge is -2.11. The molecule has 0 spiro atoms. The van der Waals surface area contributed by atoms with Crippen LogP contribution in [0.1, 0.15) is 40.9 Å². The van der Waals surface area contributed by atoms with Gasteiger partial charge in [-0.15, -0.1) is 5.10 Å². The number of thiazole rings is 1. The average molecular weight is 280 g/mol. The molecule has 19 heavy (non-hydrogen) atoms. The molecule has 2 aromatic rings. The van der Waals surface area contributed by atoms with Crippen LogP contribution < -0.4 is 0 Å². The van der Waals surface area contributed by atoms with Gasteiger partial charge in [0.1, 0.15) is 17.5 Å². The molecular formula is C12H16N4O2S. The highest BCUT2D eigenvalue weighted by Crippen LogP contribution is 2.32. The van der Waals surface area contributed by atoms with E-state index in [1.807, 2.05) is 13.8 Å². The van der Waals surface area contributed by atoms with Crippen LogP contribution in [-0.4, -0.2) is 31.7 Å². The fourth-order valence-electron chi connectivity index (χ4n) is 2.24. The molecule has 0 saturated carbocycles. The van der Waals surface area contributed by atoms with Gasteiger partial charge in [0.05, 0.1) is 12.3 Å². The zero-order chi connectivity index (χ0) is 13.4. The Morgan fingerprint density at radius 3 is 2.89 bits per heavy atom. The Morgan fingerprint density at radius 1 is 1.47 bits per heavy atom. The molecule has 6 nitrogen and oxygen atoms in total. The van der Waals surface area contributed by atoms with Crippen molar-refractivity contribution < 1.29 is 9.84 Å². The molecule has 102 valence electrons. The van der Waals surface area contributed by atoms with Gasteiger partial charge in [0, 0.05) is 11.5 Å². The second-order valence-corrected chi connectivity index (χ2v) is 5.81. The predicted octanol–water partition coefficient (Wildman–Crippen LogP) is 1.68. The predicted molar refractivity (Wildman–Crippen MR) is 70.4 cm³/mol. The van der Waals surface area contributed by atoms with E-state index in [4.69, 9.17) is 4.74 Å². The lowest BCUT2D eigenvalue weighted by atomic mass is 10.1. The summed E-state index contributed by atoms with van der Waals surface area (Å²) in [5.41, 5.74) is 2.42. The second kappa shape index (κ2) is 4.99. The van der Waals surface area contributed by atoms with Crippen molar-refractivity contribution in [3.05, 3.63) is 22.0 Å². The molecule has 3 rings (SSSR count). The van der Waals surface area contributed by atoms with Crippen molar-refractivity contribution in [2.24, 2.45) is 0 Å². The van der Waals surface area contributed by atoms with Gasteiger partial charge in [-0.25, -0.2) is 4.98 Å². The molecule has 1 unspecified atom stereocenters. The Balaban J connectivity index is 2.07. The molecule has 1 aliphatic heterocycles. The van der Waals surface area contributed by atoms with Crippen LogP contribution in [0.15, 0.2) is 0 Å². The maximum Gasteiger partial charge on any atom is 0.212 e. The van der Waals surface area contributed by atoms with Gasteiger partial charge in [-0.2, -0.15) is 4.68 Å². The third-order valence-corrected chi connectivity index (χ3v) is 4.41. The third-order valence-electron chi connectivity index (χ3n) is 3.36. The van der Waals surface area contributed by atoms with Gasteiger partial charge in [-0.1, -0.05) is 16.6 Å². The van der Waals surface area contributed by atoms with Crippen LogP contribution in [-0.2, 0) is 11.3 Å². The van der Waals surface area contributed by atoms with Crippen molar-refractivity contribution in [3.8, 4) is 5.13 Å². The quantitative estimate of drug-likeness (QED) is 0.926. The van der Waals surface area contributed by atoms with E-state index in [9.17, 15) is 5.11 Å². The van der Waals surface area contributed by atoms with Gasteiger partial charge >= 0.3 is 0 Å². The zero-order valence-corrected chi connectivity index (χ0v) is 11.8. The maximum absolute atomic E-state index is 9.41. The van der Waals surface area contributed by atoms with Crippen LogP contribution in [0.3, 0.4) is 0 Å². The summed E-state index contributed by atoms with van der Waals surface area (Å²) in [6.45, 7) is 4.63. The molecule has 3 heterocycles. The van der Waals surface area contributed by atoms with Gasteiger partial charge in [-0.3, -0.25) is 0 Å². The fourth-order valence-corrected chi connectivity index (χ4v) is 3.11. The van der Waals surface area contributed by atoms with E-state index in [0.717, 1.165) is 40.8 Å². The van der Waals surface area contributed by atoms with Crippen LogP contribution >= 0.6 is 11.3 Å². The topological polar surface area (TPSA) is 73.1 Å². The first-order chi connectivity index (χ1) is 9.20. The number of hydrogen-bond donors (Lipinski definition) is 1. The van der Waals surface area contributed by atoms with Crippen molar-refractivity contribution in [1.29, 1.82) is 0 Å². The summed E-state index contributed by atoms with van der Waals surface area (Å²) in [5, 5.41) is 18.4. The molecule has 0 bridgehead atoms. The first-order valence-corrected chi connectivity index (χ1v) is 7.13. The number of aromatic nitrogens is 4. The number of aryl methyl sites for hydroxylation is 2. The smallest absolute Gasteiger partial charge is 0.212 e. The maximum atomic E-state index is 9.41. The Hall–Kier alpha value is -1.31. The van der Waals surface area contributed by atoms with E-state index in [2.05, 4.69) is 15.3 Å². The molecular weight excluding hydrogens is 264 g/mol. The molecule has 0 radical (unpaired) electrons. The first-order valence-electron chi connectivity index (χ1n) is 6.32. The lowest BCUT2D eigenvalue weighted by Crippen LogP contribution is -2.09. The van der Waals surface area contributed by atoms with Crippen molar-refractivity contribution in [1.82, 2.24) is 20.0 Å². The molecule has 2 aromatic heterocycles. The summed E-state index contributed by atoms with van der Waals surface area (Å²) in [4.78, 5) is 5.66. The lowest BCUT2D eigenvalue weighted by molar-refractivity contribution is 0.104. The third kappa shape index (κ3) is 2.18. The monoisotopic (exact) mass is 280 g/mol. The summed E-state index contributed by atoms with van der Waals surface area (Å²) >= 11 is 1.58. The summed E-state index contributed by atoms with van der Waals surface area (Å²) in [6, 6.07) is 0. The molecule has 0 amide bonds. The van der Waals surface area contributed by atoms with Gasteiger partial charge in [0.25, 0.3) is 0 Å². The van der Waals surface area contributed by atoms with Gasteiger partial charge < -0.3 is 9.84 Å². The van der Waals surface area contributed by atoms with Crippen LogP contribution in [0.5, 0.6) is 0 Å². The first kappa shape index (κ1) is 12.7. The van der Waals surface area contributed by atoms with E-state index >= 15 is 0 Å². The number of aliphatic hydroxyl groups excluding tert-OH is 1. The minimum atomic E-state index is -0.126. The van der Waals surface area contributed by atoms with Crippen LogP contribution in [0.4, 0.5) is 0 Å². The normalized spacial score (nSPS) is 19.2. The number of hydrogen-bond acceptors (Lipinski definition) is 6. The van der Waals surface area contributed by atoms with Gasteiger partial charge in [-0.05, 0) is 26.7 Å². The number of nitrogens with zero attached hydrogens (tertiary/aromatic N) is 4. The van der Waals surface area contributed by atoms with Crippen molar-refractivity contribution >= 4 is 11.3 Å². The standard InChI is InChI=1S/C12H16N4O2S/c1-7-8(2)19-12(13-7)16-11(9(6-17)14-15-16)10-4-3-5-18-10/h10,17H,3-6H2,1-2H3. The van der Waals surface area contributed by atoms with E-state index in [-0.39, 0.29) is 12.7 Å².